The van der Waals surface area contributed by atoms with Crippen LogP contribution in [-0.2, 0) is 13.1 Å². The SMILES string of the molecule is CCn1cc(Br)c(C(=O)Nc2cc(C)n(Cc3ccccc3F)n2)n1. The predicted octanol–water partition coefficient (Wildman–Crippen LogP) is 3.61. The number of rotatable bonds is 5. The van der Waals surface area contributed by atoms with Gasteiger partial charge in [-0.1, -0.05) is 18.2 Å². The summed E-state index contributed by atoms with van der Waals surface area (Å²) in [5, 5.41) is 11.3. The minimum absolute atomic E-state index is 0.281. The van der Waals surface area contributed by atoms with Crippen molar-refractivity contribution in [1.82, 2.24) is 19.6 Å². The van der Waals surface area contributed by atoms with Crippen LogP contribution in [0.2, 0.25) is 0 Å². The third kappa shape index (κ3) is 3.79. The van der Waals surface area contributed by atoms with Crippen LogP contribution in [0.25, 0.3) is 0 Å². The first-order valence-corrected chi connectivity index (χ1v) is 8.59. The molecule has 0 aliphatic rings. The van der Waals surface area contributed by atoms with Gasteiger partial charge >= 0.3 is 0 Å². The highest BCUT2D eigenvalue weighted by Gasteiger charge is 2.17. The van der Waals surface area contributed by atoms with Crippen molar-refractivity contribution in [3.8, 4) is 0 Å². The summed E-state index contributed by atoms with van der Waals surface area (Å²) >= 11 is 3.33. The van der Waals surface area contributed by atoms with Crippen LogP contribution in [0.1, 0.15) is 28.7 Å². The molecule has 8 heteroatoms. The number of hydrogen-bond acceptors (Lipinski definition) is 3. The van der Waals surface area contributed by atoms with Crippen molar-refractivity contribution < 1.29 is 9.18 Å². The number of halogens is 2. The molecule has 0 saturated carbocycles. The molecule has 0 radical (unpaired) electrons. The van der Waals surface area contributed by atoms with E-state index in [0.29, 0.717) is 34.6 Å². The van der Waals surface area contributed by atoms with Gasteiger partial charge in [0, 0.05) is 30.1 Å². The molecule has 0 bridgehead atoms. The van der Waals surface area contributed by atoms with Gasteiger partial charge in [-0.3, -0.25) is 14.2 Å². The number of nitrogens with zero attached hydrogens (tertiary/aromatic N) is 4. The van der Waals surface area contributed by atoms with Crippen molar-refractivity contribution in [3.63, 3.8) is 0 Å². The first kappa shape index (κ1) is 17.3. The van der Waals surface area contributed by atoms with Gasteiger partial charge in [-0.2, -0.15) is 10.2 Å². The fourth-order valence-corrected chi connectivity index (χ4v) is 2.90. The zero-order valence-corrected chi connectivity index (χ0v) is 15.4. The lowest BCUT2D eigenvalue weighted by Gasteiger charge is -2.05. The van der Waals surface area contributed by atoms with Crippen LogP contribution in [0.15, 0.2) is 41.0 Å². The van der Waals surface area contributed by atoms with Gasteiger partial charge in [0.25, 0.3) is 5.91 Å². The van der Waals surface area contributed by atoms with E-state index in [-0.39, 0.29) is 11.7 Å². The first-order valence-electron chi connectivity index (χ1n) is 7.80. The van der Waals surface area contributed by atoms with Gasteiger partial charge in [0.2, 0.25) is 0 Å². The molecule has 25 heavy (non-hydrogen) atoms. The van der Waals surface area contributed by atoms with Gasteiger partial charge in [0.15, 0.2) is 11.5 Å². The van der Waals surface area contributed by atoms with Gasteiger partial charge in [-0.15, -0.1) is 0 Å². The summed E-state index contributed by atoms with van der Waals surface area (Å²) in [6.07, 6.45) is 1.75. The Morgan fingerprint density at radius 1 is 1.32 bits per heavy atom. The maximum Gasteiger partial charge on any atom is 0.278 e. The second-order valence-corrected chi connectivity index (χ2v) is 6.41. The summed E-state index contributed by atoms with van der Waals surface area (Å²) < 4.78 is 17.7. The van der Waals surface area contributed by atoms with Crippen LogP contribution < -0.4 is 5.32 Å². The Balaban J connectivity index is 1.77. The summed E-state index contributed by atoms with van der Waals surface area (Å²) in [7, 11) is 0. The highest BCUT2D eigenvalue weighted by molar-refractivity contribution is 9.10. The van der Waals surface area contributed by atoms with Crippen LogP contribution in [0.5, 0.6) is 0 Å². The third-order valence-corrected chi connectivity index (χ3v) is 4.34. The molecule has 0 saturated heterocycles. The highest BCUT2D eigenvalue weighted by Crippen LogP contribution is 2.18. The van der Waals surface area contributed by atoms with Crippen molar-refractivity contribution in [2.75, 3.05) is 5.32 Å². The molecule has 1 amide bonds. The van der Waals surface area contributed by atoms with Gasteiger partial charge in [-0.25, -0.2) is 4.39 Å². The summed E-state index contributed by atoms with van der Waals surface area (Å²) in [4.78, 5) is 12.4. The van der Waals surface area contributed by atoms with E-state index < -0.39 is 0 Å². The molecule has 2 heterocycles. The molecule has 0 aliphatic carbocycles. The highest BCUT2D eigenvalue weighted by atomic mass is 79.9. The molecular weight excluding hydrogens is 389 g/mol. The van der Waals surface area contributed by atoms with Crippen molar-refractivity contribution in [1.29, 1.82) is 0 Å². The third-order valence-electron chi connectivity index (χ3n) is 3.76. The Kier molecular flexibility index (Phi) is 4.98. The summed E-state index contributed by atoms with van der Waals surface area (Å²) in [5.74, 6) is -0.233. The number of carbonyl (C=O) groups is 1. The number of aryl methyl sites for hydroxylation is 2. The topological polar surface area (TPSA) is 64.7 Å². The zero-order valence-electron chi connectivity index (χ0n) is 13.8. The molecule has 1 N–H and O–H groups in total. The van der Waals surface area contributed by atoms with E-state index in [0.717, 1.165) is 5.69 Å². The second-order valence-electron chi connectivity index (χ2n) is 5.56. The lowest BCUT2D eigenvalue weighted by Crippen LogP contribution is -2.14. The standard InChI is InChI=1S/C17H17BrFN5O/c1-3-23-10-13(18)16(22-23)17(25)20-15-8-11(2)24(21-15)9-12-6-4-5-7-14(12)19/h4-8,10H,3,9H2,1-2H3,(H,20,21,25). The average Bonchev–Trinajstić information content (AvgIpc) is 3.12. The first-order chi connectivity index (χ1) is 12.0. The Labute approximate surface area is 152 Å². The van der Waals surface area contributed by atoms with Crippen LogP contribution >= 0.6 is 15.9 Å². The minimum atomic E-state index is -0.352. The minimum Gasteiger partial charge on any atom is -0.304 e. The maximum atomic E-state index is 13.8. The van der Waals surface area contributed by atoms with Gasteiger partial charge in [0.05, 0.1) is 11.0 Å². The summed E-state index contributed by atoms with van der Waals surface area (Å²) in [6.45, 7) is 4.75. The number of anilines is 1. The van der Waals surface area contributed by atoms with E-state index >= 15 is 0 Å². The molecule has 0 unspecified atom stereocenters. The van der Waals surface area contributed by atoms with Crippen molar-refractivity contribution in [2.24, 2.45) is 0 Å². The van der Waals surface area contributed by atoms with E-state index in [4.69, 9.17) is 0 Å². The van der Waals surface area contributed by atoms with E-state index in [1.807, 2.05) is 13.8 Å². The van der Waals surface area contributed by atoms with Crippen LogP contribution in [0, 0.1) is 12.7 Å². The second kappa shape index (κ2) is 7.18. The molecular formula is C17H17BrFN5O. The Morgan fingerprint density at radius 2 is 2.08 bits per heavy atom. The van der Waals surface area contributed by atoms with E-state index in [1.165, 1.54) is 6.07 Å². The van der Waals surface area contributed by atoms with Crippen LogP contribution in [0.3, 0.4) is 0 Å². The Hall–Kier alpha value is -2.48. The molecule has 2 aromatic heterocycles. The number of hydrogen-bond donors (Lipinski definition) is 1. The van der Waals surface area contributed by atoms with Crippen LogP contribution in [-0.4, -0.2) is 25.5 Å². The Bertz CT molecular complexity index is 918. The van der Waals surface area contributed by atoms with E-state index in [9.17, 15) is 9.18 Å². The number of aromatic nitrogens is 4. The van der Waals surface area contributed by atoms with Gasteiger partial charge in [0.1, 0.15) is 5.82 Å². The molecule has 0 aliphatic heterocycles. The van der Waals surface area contributed by atoms with Crippen molar-refractivity contribution in [2.45, 2.75) is 26.9 Å². The lowest BCUT2D eigenvalue weighted by molar-refractivity contribution is 0.102. The molecule has 3 rings (SSSR count). The number of carbonyl (C=O) groups excluding carboxylic acids is 1. The molecule has 1 aromatic carbocycles. The average molecular weight is 406 g/mol. The predicted molar refractivity (Wildman–Crippen MR) is 96.0 cm³/mol. The van der Waals surface area contributed by atoms with Gasteiger partial charge in [-0.05, 0) is 35.8 Å². The molecule has 130 valence electrons. The van der Waals surface area contributed by atoms with Gasteiger partial charge < -0.3 is 5.32 Å². The zero-order chi connectivity index (χ0) is 18.0. The largest absolute Gasteiger partial charge is 0.304 e. The molecule has 0 atom stereocenters. The normalized spacial score (nSPS) is 10.9. The molecule has 0 spiro atoms. The summed E-state index contributed by atoms with van der Waals surface area (Å²) in [6, 6.07) is 8.29. The maximum absolute atomic E-state index is 13.8. The monoisotopic (exact) mass is 405 g/mol. The van der Waals surface area contributed by atoms with Crippen LogP contribution in [0.4, 0.5) is 10.2 Å². The Morgan fingerprint density at radius 3 is 2.76 bits per heavy atom. The molecule has 6 nitrogen and oxygen atoms in total. The summed E-state index contributed by atoms with van der Waals surface area (Å²) in [5.41, 5.74) is 1.65. The van der Waals surface area contributed by atoms with Crippen molar-refractivity contribution >= 4 is 27.7 Å². The van der Waals surface area contributed by atoms with E-state index in [1.54, 1.807) is 39.8 Å². The van der Waals surface area contributed by atoms with E-state index in [2.05, 4.69) is 31.4 Å². The number of benzene rings is 1. The fourth-order valence-electron chi connectivity index (χ4n) is 2.41. The molecule has 3 aromatic rings. The smallest absolute Gasteiger partial charge is 0.278 e. The fraction of sp³-hybridized carbons (Fsp3) is 0.235. The quantitative estimate of drug-likeness (QED) is 0.704. The molecule has 0 fully saturated rings. The van der Waals surface area contributed by atoms with Crippen molar-refractivity contribution in [3.05, 3.63) is 63.8 Å². The number of nitrogens with one attached hydrogen (secondary N) is 1. The lowest BCUT2D eigenvalue weighted by atomic mass is 10.2. The number of amides is 1.